The second-order valence-corrected chi connectivity index (χ2v) is 10.2. The molecule has 1 amide bonds. The van der Waals surface area contributed by atoms with Gasteiger partial charge in [-0.3, -0.25) is 24.6 Å². The molecule has 0 spiro atoms. The standard InChI is InChI=1S/C21H24N6O3S2/c1-14-9-10-17(16(3)24-14)12-22-19(28)13-27-15(2)11-23-20(21(27)29)25-26-32(30,31)18-7-5-4-6-8-18/h4-11,26H,12-13H2,1-3H3,(H,22,28)(H,23,25). The van der Waals surface area contributed by atoms with E-state index in [0.29, 0.717) is 17.1 Å². The number of benzene rings is 1. The molecule has 0 saturated heterocycles. The molecule has 2 aromatic heterocycles. The van der Waals surface area contributed by atoms with Crippen LogP contribution in [0.25, 0.3) is 0 Å². The summed E-state index contributed by atoms with van der Waals surface area (Å²) >= 11 is 5.13. The third kappa shape index (κ3) is 5.75. The van der Waals surface area contributed by atoms with Crippen molar-refractivity contribution in [1.82, 2.24) is 24.7 Å². The van der Waals surface area contributed by atoms with Crippen LogP contribution in [-0.4, -0.2) is 24.7 Å². The fourth-order valence-electron chi connectivity index (χ4n) is 2.92. The van der Waals surface area contributed by atoms with Crippen molar-refractivity contribution in [1.29, 1.82) is 0 Å². The van der Waals surface area contributed by atoms with Crippen LogP contribution in [0.3, 0.4) is 0 Å². The van der Waals surface area contributed by atoms with Crippen molar-refractivity contribution in [2.75, 3.05) is 5.43 Å². The molecule has 0 bridgehead atoms. The lowest BCUT2D eigenvalue weighted by molar-refractivity contribution is -0.121. The van der Waals surface area contributed by atoms with Gasteiger partial charge >= 0.3 is 0 Å². The Labute approximate surface area is 191 Å². The van der Waals surface area contributed by atoms with Gasteiger partial charge < -0.3 is 5.32 Å². The average Bonchev–Trinajstić information content (AvgIpc) is 2.76. The summed E-state index contributed by atoms with van der Waals surface area (Å²) in [4.78, 5) is 36.6. The minimum atomic E-state index is -3.07. The molecule has 3 N–H and O–H groups in total. The second kappa shape index (κ2) is 9.98. The highest BCUT2D eigenvalue weighted by Gasteiger charge is 2.14. The molecule has 1 atom stereocenters. The Morgan fingerprint density at radius 2 is 1.84 bits per heavy atom. The number of hydrogen-bond donors (Lipinski definition) is 3. The number of carbonyl (C=O) groups excluding carboxylic acids is 1. The first kappa shape index (κ1) is 23.5. The van der Waals surface area contributed by atoms with Crippen LogP contribution in [-0.2, 0) is 37.8 Å². The summed E-state index contributed by atoms with van der Waals surface area (Å²) in [5.74, 6) is -0.452. The highest BCUT2D eigenvalue weighted by molar-refractivity contribution is 8.31. The van der Waals surface area contributed by atoms with E-state index in [1.165, 1.54) is 10.8 Å². The summed E-state index contributed by atoms with van der Waals surface area (Å²) in [6.45, 7) is 5.57. The summed E-state index contributed by atoms with van der Waals surface area (Å²) in [5.41, 5.74) is 5.15. The summed E-state index contributed by atoms with van der Waals surface area (Å²) < 4.78 is 14.0. The van der Waals surface area contributed by atoms with E-state index in [1.807, 2.05) is 26.0 Å². The molecule has 0 aliphatic rings. The van der Waals surface area contributed by atoms with Gasteiger partial charge in [-0.05, 0) is 44.5 Å². The molecule has 1 aromatic carbocycles. The summed E-state index contributed by atoms with van der Waals surface area (Å²) in [7, 11) is -3.07. The number of hydrazine groups is 1. The van der Waals surface area contributed by atoms with Crippen LogP contribution in [0.15, 0.2) is 58.4 Å². The van der Waals surface area contributed by atoms with Crippen molar-refractivity contribution in [3.63, 3.8) is 0 Å². The van der Waals surface area contributed by atoms with Gasteiger partial charge in [-0.1, -0.05) is 24.3 Å². The SMILES string of the molecule is Cc1ccc(CNC(=O)Cn2c(C)cnc(NNS(=O)(=S)c3ccccc3)c2=O)c(C)n1. The quantitative estimate of drug-likeness (QED) is 0.426. The number of nitrogens with one attached hydrogen (secondary N) is 3. The maximum absolute atomic E-state index is 12.8. The Bertz CT molecular complexity index is 1290. The van der Waals surface area contributed by atoms with Crippen molar-refractivity contribution in [2.45, 2.75) is 38.8 Å². The predicted molar refractivity (Wildman–Crippen MR) is 126 cm³/mol. The van der Waals surface area contributed by atoms with E-state index in [1.54, 1.807) is 37.3 Å². The van der Waals surface area contributed by atoms with Crippen LogP contribution in [0.2, 0.25) is 0 Å². The summed E-state index contributed by atoms with van der Waals surface area (Å²) in [6.07, 6.45) is 1.44. The van der Waals surface area contributed by atoms with E-state index < -0.39 is 14.2 Å². The number of aromatic nitrogens is 3. The van der Waals surface area contributed by atoms with Crippen molar-refractivity contribution < 1.29 is 9.00 Å². The highest BCUT2D eigenvalue weighted by atomic mass is 32.8. The van der Waals surface area contributed by atoms with Gasteiger partial charge in [0.2, 0.25) is 11.7 Å². The van der Waals surface area contributed by atoms with Crippen LogP contribution in [0.4, 0.5) is 5.82 Å². The van der Waals surface area contributed by atoms with Crippen LogP contribution >= 0.6 is 0 Å². The topological polar surface area (TPSA) is 118 Å². The Morgan fingerprint density at radius 3 is 2.53 bits per heavy atom. The lowest BCUT2D eigenvalue weighted by Crippen LogP contribution is -2.37. The van der Waals surface area contributed by atoms with E-state index in [-0.39, 0.29) is 18.3 Å². The molecular formula is C21H24N6O3S2. The van der Waals surface area contributed by atoms with E-state index in [4.69, 9.17) is 11.2 Å². The number of aryl methyl sites for hydroxylation is 3. The normalized spacial score (nSPS) is 12.7. The number of rotatable bonds is 8. The molecule has 0 fully saturated rings. The van der Waals surface area contributed by atoms with Gasteiger partial charge in [0.15, 0.2) is 0 Å². The minimum Gasteiger partial charge on any atom is -0.350 e. The van der Waals surface area contributed by atoms with Gasteiger partial charge in [0.05, 0.1) is 4.90 Å². The Balaban J connectivity index is 1.69. The first-order valence-electron chi connectivity index (χ1n) is 9.76. The van der Waals surface area contributed by atoms with E-state index in [2.05, 4.69) is 25.5 Å². The van der Waals surface area contributed by atoms with Crippen LogP contribution in [0.5, 0.6) is 0 Å². The van der Waals surface area contributed by atoms with Gasteiger partial charge in [0, 0.05) is 41.0 Å². The van der Waals surface area contributed by atoms with Gasteiger partial charge in [0.25, 0.3) is 5.56 Å². The molecule has 3 aromatic rings. The van der Waals surface area contributed by atoms with Crippen molar-refractivity contribution >= 4 is 31.6 Å². The molecule has 0 aliphatic carbocycles. The van der Waals surface area contributed by atoms with Crippen molar-refractivity contribution in [3.8, 4) is 0 Å². The molecule has 9 nitrogen and oxygen atoms in total. The van der Waals surface area contributed by atoms with Gasteiger partial charge in [-0.2, -0.15) is 0 Å². The number of hydrogen-bond acceptors (Lipinski definition) is 7. The lowest BCUT2D eigenvalue weighted by atomic mass is 10.2. The smallest absolute Gasteiger partial charge is 0.295 e. The number of carbonyl (C=O) groups is 1. The second-order valence-electron chi connectivity index (χ2n) is 7.16. The molecule has 32 heavy (non-hydrogen) atoms. The molecule has 0 saturated carbocycles. The predicted octanol–water partition coefficient (Wildman–Crippen LogP) is 1.52. The van der Waals surface area contributed by atoms with Gasteiger partial charge in [-0.25, -0.2) is 9.19 Å². The monoisotopic (exact) mass is 472 g/mol. The zero-order valence-corrected chi connectivity index (χ0v) is 19.5. The Kier molecular flexibility index (Phi) is 7.33. The van der Waals surface area contributed by atoms with Gasteiger partial charge in [0.1, 0.15) is 15.2 Å². The molecule has 0 aliphatic heterocycles. The summed E-state index contributed by atoms with van der Waals surface area (Å²) in [5, 5.41) is 2.80. The number of nitrogens with zero attached hydrogens (tertiary/aromatic N) is 3. The Morgan fingerprint density at radius 1 is 1.12 bits per heavy atom. The maximum Gasteiger partial charge on any atom is 0.295 e. The molecule has 0 radical (unpaired) electrons. The third-order valence-corrected chi connectivity index (χ3v) is 6.81. The zero-order chi connectivity index (χ0) is 23.3. The molecule has 168 valence electrons. The summed E-state index contributed by atoms with van der Waals surface area (Å²) in [6, 6.07) is 12.3. The van der Waals surface area contributed by atoms with E-state index in [0.717, 1.165) is 17.0 Å². The fraction of sp³-hybridized carbons (Fsp3) is 0.238. The molecule has 2 heterocycles. The molecular weight excluding hydrogens is 448 g/mol. The molecule has 11 heteroatoms. The average molecular weight is 473 g/mol. The zero-order valence-electron chi connectivity index (χ0n) is 17.9. The van der Waals surface area contributed by atoms with Crippen LogP contribution in [0.1, 0.15) is 22.6 Å². The number of anilines is 1. The highest BCUT2D eigenvalue weighted by Crippen LogP contribution is 2.08. The molecule has 3 rings (SSSR count). The number of pyridine rings is 1. The van der Waals surface area contributed by atoms with Crippen molar-refractivity contribution in [2.24, 2.45) is 0 Å². The largest absolute Gasteiger partial charge is 0.350 e. The minimum absolute atomic E-state index is 0.115. The van der Waals surface area contributed by atoms with Gasteiger partial charge in [-0.15, -0.1) is 4.83 Å². The number of amides is 1. The first-order valence-corrected chi connectivity index (χ1v) is 12.2. The van der Waals surface area contributed by atoms with Crippen molar-refractivity contribution in [3.05, 3.63) is 81.7 Å². The van der Waals surface area contributed by atoms with E-state index in [9.17, 15) is 13.8 Å². The van der Waals surface area contributed by atoms with Crippen LogP contribution < -0.4 is 21.1 Å². The molecule has 1 unspecified atom stereocenters. The van der Waals surface area contributed by atoms with E-state index >= 15 is 0 Å². The van der Waals surface area contributed by atoms with Crippen LogP contribution in [0, 0.1) is 20.8 Å². The lowest BCUT2D eigenvalue weighted by Gasteiger charge is -2.14. The maximum atomic E-state index is 12.8. The Hall–Kier alpha value is -3.15. The fourth-order valence-corrected chi connectivity index (χ4v) is 4.25. The first-order chi connectivity index (χ1) is 15.2. The third-order valence-electron chi connectivity index (χ3n) is 4.72.